The maximum Gasteiger partial charge on any atom is 0.248 e. The molecule has 3 N–H and O–H groups in total. The highest BCUT2D eigenvalue weighted by atomic mass is 79.9. The van der Waals surface area contributed by atoms with Crippen LogP contribution in [0.2, 0.25) is 0 Å². The van der Waals surface area contributed by atoms with Crippen LogP contribution >= 0.6 is 27.3 Å². The van der Waals surface area contributed by atoms with Gasteiger partial charge in [0.25, 0.3) is 0 Å². The third kappa shape index (κ3) is 3.91. The monoisotopic (exact) mass is 435 g/mol. The van der Waals surface area contributed by atoms with E-state index in [0.29, 0.717) is 17.9 Å². The van der Waals surface area contributed by atoms with E-state index in [4.69, 9.17) is 15.2 Å². The lowest BCUT2D eigenvalue weighted by Crippen LogP contribution is -2.10. The zero-order chi connectivity index (χ0) is 18.7. The van der Waals surface area contributed by atoms with E-state index in [-0.39, 0.29) is 6.61 Å². The van der Waals surface area contributed by atoms with Gasteiger partial charge in [0.1, 0.15) is 12.4 Å². The normalized spacial score (nSPS) is 12.3. The topological polar surface area (TPSA) is 81.8 Å². The first-order valence-electron chi connectivity index (χ1n) is 8.03. The Morgan fingerprint density at radius 2 is 2.00 bits per heavy atom. The molecule has 0 saturated heterocycles. The van der Waals surface area contributed by atoms with Crippen LogP contribution in [0.3, 0.4) is 0 Å². The molecule has 0 aliphatic carbocycles. The quantitative estimate of drug-likeness (QED) is 0.539. The van der Waals surface area contributed by atoms with Gasteiger partial charge in [-0.15, -0.1) is 11.3 Å². The summed E-state index contributed by atoms with van der Waals surface area (Å²) in [7, 11) is 0. The Labute approximate surface area is 163 Å². The van der Waals surface area contributed by atoms with E-state index in [9.17, 15) is 9.90 Å². The molecule has 26 heavy (non-hydrogen) atoms. The van der Waals surface area contributed by atoms with Gasteiger partial charge in [-0.05, 0) is 43.3 Å². The summed E-state index contributed by atoms with van der Waals surface area (Å²) in [6.07, 6.45) is -1.000. The van der Waals surface area contributed by atoms with Gasteiger partial charge in [0.15, 0.2) is 6.29 Å². The summed E-state index contributed by atoms with van der Waals surface area (Å²) in [5, 5.41) is 11.4. The number of benzene rings is 2. The van der Waals surface area contributed by atoms with Gasteiger partial charge >= 0.3 is 0 Å². The van der Waals surface area contributed by atoms with Gasteiger partial charge in [0.2, 0.25) is 5.91 Å². The van der Waals surface area contributed by atoms with Gasteiger partial charge in [0.05, 0.1) is 4.88 Å². The van der Waals surface area contributed by atoms with Crippen molar-refractivity contribution in [2.45, 2.75) is 19.8 Å². The number of amides is 1. The zero-order valence-electron chi connectivity index (χ0n) is 14.1. The Kier molecular flexibility index (Phi) is 5.93. The average Bonchev–Trinajstić information content (AvgIpc) is 3.00. The number of primary amides is 1. The van der Waals surface area contributed by atoms with Crippen LogP contribution < -0.4 is 10.5 Å². The van der Waals surface area contributed by atoms with Gasteiger partial charge < -0.3 is 20.3 Å². The molecule has 0 fully saturated rings. The minimum absolute atomic E-state index is 0.262. The third-order valence-electron chi connectivity index (χ3n) is 3.87. The standard InChI is InChI=1S/C19H18BrNO4S/c1-2-24-19(23)17-13(16-14(20)4-3-5-15(16)26-17)10-25-12-8-6-11(7-9-12)18(21)22/h3-9,19,23H,2,10H2,1H3,(H2,21,22). The van der Waals surface area contributed by atoms with E-state index in [1.54, 1.807) is 24.3 Å². The fourth-order valence-electron chi connectivity index (χ4n) is 2.63. The number of carbonyl (C=O) groups is 1. The molecule has 1 unspecified atom stereocenters. The van der Waals surface area contributed by atoms with Crippen LogP contribution in [0.15, 0.2) is 46.9 Å². The Bertz CT molecular complexity index is 923. The molecule has 3 aromatic rings. The Balaban J connectivity index is 1.92. The van der Waals surface area contributed by atoms with E-state index in [0.717, 1.165) is 25.0 Å². The molecule has 7 heteroatoms. The van der Waals surface area contributed by atoms with Crippen LogP contribution in [0.5, 0.6) is 5.75 Å². The van der Waals surface area contributed by atoms with Crippen LogP contribution in [-0.4, -0.2) is 17.6 Å². The predicted molar refractivity (Wildman–Crippen MR) is 105 cm³/mol. The summed E-state index contributed by atoms with van der Waals surface area (Å²) in [4.78, 5) is 11.9. The summed E-state index contributed by atoms with van der Waals surface area (Å²) >= 11 is 5.06. The molecule has 3 rings (SSSR count). The fraction of sp³-hybridized carbons (Fsp3) is 0.211. The molecular formula is C19H18BrNO4S. The van der Waals surface area contributed by atoms with Crippen LogP contribution in [0.25, 0.3) is 10.1 Å². The summed E-state index contributed by atoms with van der Waals surface area (Å²) in [5.41, 5.74) is 6.55. The first-order valence-corrected chi connectivity index (χ1v) is 9.64. The molecule has 0 aliphatic rings. The van der Waals surface area contributed by atoms with Crippen molar-refractivity contribution in [1.29, 1.82) is 0 Å². The number of aliphatic hydroxyl groups excluding tert-OH is 1. The van der Waals surface area contributed by atoms with Crippen molar-refractivity contribution in [2.75, 3.05) is 6.61 Å². The SMILES string of the molecule is CCOC(O)c1sc2cccc(Br)c2c1COc1ccc(C(N)=O)cc1. The largest absolute Gasteiger partial charge is 0.489 e. The van der Waals surface area contributed by atoms with Crippen molar-refractivity contribution in [2.24, 2.45) is 5.73 Å². The molecular weight excluding hydrogens is 418 g/mol. The molecule has 0 spiro atoms. The molecule has 1 aromatic heterocycles. The molecule has 2 aromatic carbocycles. The smallest absolute Gasteiger partial charge is 0.248 e. The molecule has 136 valence electrons. The second kappa shape index (κ2) is 8.18. The molecule has 5 nitrogen and oxygen atoms in total. The number of thiophene rings is 1. The minimum Gasteiger partial charge on any atom is -0.489 e. The number of hydrogen-bond acceptors (Lipinski definition) is 5. The highest BCUT2D eigenvalue weighted by molar-refractivity contribution is 9.10. The molecule has 1 heterocycles. The number of fused-ring (bicyclic) bond motifs is 1. The number of halogens is 1. The van der Waals surface area contributed by atoms with Crippen molar-refractivity contribution in [3.05, 3.63) is 62.9 Å². The summed E-state index contributed by atoms with van der Waals surface area (Å²) in [5.74, 6) is 0.129. The second-order valence-electron chi connectivity index (χ2n) is 5.54. The Morgan fingerprint density at radius 1 is 1.27 bits per heavy atom. The Morgan fingerprint density at radius 3 is 2.65 bits per heavy atom. The molecule has 1 amide bonds. The Hall–Kier alpha value is -1.93. The van der Waals surface area contributed by atoms with Crippen LogP contribution in [0, 0.1) is 0 Å². The molecule has 0 aliphatic heterocycles. The third-order valence-corrected chi connectivity index (χ3v) is 5.75. The number of nitrogens with two attached hydrogens (primary N) is 1. The van der Waals surface area contributed by atoms with E-state index < -0.39 is 12.2 Å². The highest BCUT2D eigenvalue weighted by Crippen LogP contribution is 2.40. The lowest BCUT2D eigenvalue weighted by molar-refractivity contribution is -0.0962. The number of ether oxygens (including phenoxy) is 2. The number of hydrogen-bond donors (Lipinski definition) is 2. The first kappa shape index (κ1) is 18.8. The lowest BCUT2D eigenvalue weighted by atomic mass is 10.1. The van der Waals surface area contributed by atoms with E-state index >= 15 is 0 Å². The van der Waals surface area contributed by atoms with Crippen LogP contribution in [-0.2, 0) is 11.3 Å². The van der Waals surface area contributed by atoms with Crippen molar-refractivity contribution in [1.82, 2.24) is 0 Å². The van der Waals surface area contributed by atoms with Crippen molar-refractivity contribution in [3.8, 4) is 5.75 Å². The maximum absolute atomic E-state index is 11.2. The van der Waals surface area contributed by atoms with Crippen molar-refractivity contribution < 1.29 is 19.4 Å². The van der Waals surface area contributed by atoms with E-state index in [2.05, 4.69) is 15.9 Å². The van der Waals surface area contributed by atoms with Crippen LogP contribution in [0.1, 0.15) is 34.0 Å². The first-order chi connectivity index (χ1) is 12.5. The second-order valence-corrected chi connectivity index (χ2v) is 7.48. The summed E-state index contributed by atoms with van der Waals surface area (Å²) in [6, 6.07) is 12.5. The van der Waals surface area contributed by atoms with Gasteiger partial charge in [-0.2, -0.15) is 0 Å². The lowest BCUT2D eigenvalue weighted by Gasteiger charge is -2.13. The molecule has 0 bridgehead atoms. The number of carbonyl (C=O) groups excluding carboxylic acids is 1. The molecule has 1 atom stereocenters. The van der Waals surface area contributed by atoms with Crippen molar-refractivity contribution >= 4 is 43.3 Å². The molecule has 0 saturated carbocycles. The average molecular weight is 436 g/mol. The number of aliphatic hydroxyl groups is 1. The molecule has 0 radical (unpaired) electrons. The van der Waals surface area contributed by atoms with Gasteiger partial charge in [-0.25, -0.2) is 0 Å². The highest BCUT2D eigenvalue weighted by Gasteiger charge is 2.21. The van der Waals surface area contributed by atoms with E-state index in [1.807, 2.05) is 25.1 Å². The van der Waals surface area contributed by atoms with Gasteiger partial charge in [-0.1, -0.05) is 22.0 Å². The van der Waals surface area contributed by atoms with Gasteiger partial charge in [0, 0.05) is 32.3 Å². The predicted octanol–water partition coefficient (Wildman–Crippen LogP) is 4.37. The maximum atomic E-state index is 11.2. The summed E-state index contributed by atoms with van der Waals surface area (Å²) < 4.78 is 13.2. The van der Waals surface area contributed by atoms with Crippen LogP contribution in [0.4, 0.5) is 0 Å². The fourth-order valence-corrected chi connectivity index (χ4v) is 4.54. The summed E-state index contributed by atoms with van der Waals surface area (Å²) in [6.45, 7) is 2.51. The van der Waals surface area contributed by atoms with E-state index in [1.165, 1.54) is 11.3 Å². The number of rotatable bonds is 7. The zero-order valence-corrected chi connectivity index (χ0v) is 16.5. The van der Waals surface area contributed by atoms with Crippen molar-refractivity contribution in [3.63, 3.8) is 0 Å². The van der Waals surface area contributed by atoms with Gasteiger partial charge in [-0.3, -0.25) is 4.79 Å². The minimum atomic E-state index is -1.000.